The zero-order valence-electron chi connectivity index (χ0n) is 5.56. The lowest BCUT2D eigenvalue weighted by Gasteiger charge is -2.08. The van der Waals surface area contributed by atoms with Gasteiger partial charge < -0.3 is 0 Å². The molecular weight excluding hydrogens is 169 g/mol. The van der Waals surface area contributed by atoms with E-state index in [4.69, 9.17) is 23.2 Å². The molecule has 0 radical (unpaired) electrons. The molecule has 0 aliphatic heterocycles. The Morgan fingerprint density at radius 3 is 2.20 bits per heavy atom. The van der Waals surface area contributed by atoms with Crippen LogP contribution >= 0.6 is 23.2 Å². The van der Waals surface area contributed by atoms with Gasteiger partial charge in [0, 0.05) is 6.04 Å². The van der Waals surface area contributed by atoms with E-state index in [0.717, 1.165) is 12.8 Å². The highest BCUT2D eigenvalue weighted by molar-refractivity contribution is 6.51. The van der Waals surface area contributed by atoms with Crippen LogP contribution in [0.2, 0.25) is 0 Å². The first-order valence-electron chi connectivity index (χ1n) is 3.50. The smallest absolute Gasteiger partial charge is 0.124 e. The Kier molecular flexibility index (Phi) is 1.31. The summed E-state index contributed by atoms with van der Waals surface area (Å²) in [7, 11) is 0. The zero-order chi connectivity index (χ0) is 7.35. The van der Waals surface area contributed by atoms with Gasteiger partial charge in [-0.2, -0.15) is 0 Å². The molecule has 0 bridgehead atoms. The summed E-state index contributed by atoms with van der Waals surface area (Å²) in [5, 5.41) is 0. The molecule has 0 amide bonds. The molecule has 0 aromatic carbocycles. The molecule has 0 aromatic heterocycles. The van der Waals surface area contributed by atoms with E-state index in [2.05, 4.69) is 11.7 Å². The fraction of sp³-hybridized carbons (Fsp3) is 0.857. The van der Waals surface area contributed by atoms with Crippen LogP contribution in [0.3, 0.4) is 0 Å². The van der Waals surface area contributed by atoms with Crippen molar-refractivity contribution < 1.29 is 0 Å². The molecule has 2 saturated carbocycles. The second kappa shape index (κ2) is 1.89. The lowest BCUT2D eigenvalue weighted by atomic mass is 10.2. The molecule has 0 N–H and O–H groups in total. The number of hydrogen-bond acceptors (Lipinski definition) is 1. The van der Waals surface area contributed by atoms with Crippen molar-refractivity contribution in [3.63, 3.8) is 0 Å². The van der Waals surface area contributed by atoms with Crippen molar-refractivity contribution in [2.45, 2.75) is 23.2 Å². The summed E-state index contributed by atoms with van der Waals surface area (Å²) < 4.78 is -0.402. The van der Waals surface area contributed by atoms with Crippen molar-refractivity contribution in [2.24, 2.45) is 16.8 Å². The number of nitrogens with zero attached hydrogens (tertiary/aromatic N) is 1. The second-order valence-corrected chi connectivity index (χ2v) is 4.64. The summed E-state index contributed by atoms with van der Waals surface area (Å²) in [6.45, 7) is 3.51. The molecular formula is C7H9Cl2N. The maximum atomic E-state index is 5.93. The van der Waals surface area contributed by atoms with Crippen LogP contribution in [-0.4, -0.2) is 17.1 Å². The number of rotatable bonds is 1. The Bertz CT molecular complexity index is 164. The van der Waals surface area contributed by atoms with Crippen molar-refractivity contribution in [2.75, 3.05) is 0 Å². The van der Waals surface area contributed by atoms with Crippen LogP contribution in [0.1, 0.15) is 12.8 Å². The molecule has 0 saturated heterocycles. The van der Waals surface area contributed by atoms with Gasteiger partial charge in [-0.05, 0) is 31.4 Å². The van der Waals surface area contributed by atoms with Crippen molar-refractivity contribution >= 4 is 29.9 Å². The van der Waals surface area contributed by atoms with Crippen LogP contribution in [0.15, 0.2) is 4.99 Å². The van der Waals surface area contributed by atoms with Crippen molar-refractivity contribution in [3.8, 4) is 0 Å². The Hall–Kier alpha value is 0.250. The van der Waals surface area contributed by atoms with Gasteiger partial charge >= 0.3 is 0 Å². The van der Waals surface area contributed by atoms with E-state index in [9.17, 15) is 0 Å². The standard InChI is InChI=1S/C7H9Cl2N/c1-10-4-2-5-6(3-4)7(5,8)9/h4-6H,1-3H2. The van der Waals surface area contributed by atoms with Gasteiger partial charge in [-0.1, -0.05) is 0 Å². The van der Waals surface area contributed by atoms with Gasteiger partial charge in [-0.3, -0.25) is 4.99 Å². The normalized spacial score (nSPS) is 48.4. The van der Waals surface area contributed by atoms with Crippen LogP contribution in [0.25, 0.3) is 0 Å². The highest BCUT2D eigenvalue weighted by atomic mass is 35.5. The minimum absolute atomic E-state index is 0.402. The number of halogens is 2. The third-order valence-corrected chi connectivity index (χ3v) is 3.80. The summed E-state index contributed by atoms with van der Waals surface area (Å²) in [6.07, 6.45) is 2.09. The maximum Gasteiger partial charge on any atom is 0.124 e. The van der Waals surface area contributed by atoms with E-state index in [-0.39, 0.29) is 0 Å². The van der Waals surface area contributed by atoms with Gasteiger partial charge in [0.15, 0.2) is 0 Å². The molecule has 0 heterocycles. The molecule has 0 aromatic rings. The first-order valence-corrected chi connectivity index (χ1v) is 4.25. The molecule has 2 aliphatic rings. The van der Waals surface area contributed by atoms with Gasteiger partial charge in [-0.25, -0.2) is 0 Å². The van der Waals surface area contributed by atoms with Gasteiger partial charge in [0.25, 0.3) is 0 Å². The molecule has 2 atom stereocenters. The first kappa shape index (κ1) is 6.93. The van der Waals surface area contributed by atoms with Crippen molar-refractivity contribution in [1.29, 1.82) is 0 Å². The number of alkyl halides is 2. The fourth-order valence-corrected chi connectivity index (χ4v) is 2.77. The molecule has 10 heavy (non-hydrogen) atoms. The van der Waals surface area contributed by atoms with E-state index in [0.29, 0.717) is 17.9 Å². The maximum absolute atomic E-state index is 5.93. The van der Waals surface area contributed by atoms with Crippen LogP contribution in [0, 0.1) is 11.8 Å². The summed E-state index contributed by atoms with van der Waals surface area (Å²) in [4.78, 5) is 3.97. The first-order chi connectivity index (χ1) is 4.66. The molecule has 2 unspecified atom stereocenters. The van der Waals surface area contributed by atoms with E-state index in [1.165, 1.54) is 0 Å². The predicted molar refractivity (Wildman–Crippen MR) is 44.0 cm³/mol. The quantitative estimate of drug-likeness (QED) is 0.431. The summed E-state index contributed by atoms with van der Waals surface area (Å²) >= 11 is 11.9. The van der Waals surface area contributed by atoms with Gasteiger partial charge in [0.1, 0.15) is 4.33 Å². The van der Waals surface area contributed by atoms with Crippen molar-refractivity contribution in [3.05, 3.63) is 0 Å². The molecule has 2 aliphatic carbocycles. The minimum atomic E-state index is -0.402. The molecule has 2 fully saturated rings. The number of hydrogen-bond donors (Lipinski definition) is 0. The Labute approximate surface area is 70.4 Å². The van der Waals surface area contributed by atoms with E-state index in [1.54, 1.807) is 0 Å². The fourth-order valence-electron chi connectivity index (χ4n) is 1.93. The highest BCUT2D eigenvalue weighted by Crippen LogP contribution is 2.67. The third-order valence-electron chi connectivity index (χ3n) is 2.68. The lowest BCUT2D eigenvalue weighted by molar-refractivity contribution is 0.608. The van der Waals surface area contributed by atoms with E-state index >= 15 is 0 Å². The summed E-state index contributed by atoms with van der Waals surface area (Å²) in [5.74, 6) is 1.01. The van der Waals surface area contributed by atoms with Gasteiger partial charge in [0.05, 0.1) is 0 Å². The molecule has 3 heteroatoms. The molecule has 0 spiro atoms. The van der Waals surface area contributed by atoms with Gasteiger partial charge in [0.2, 0.25) is 0 Å². The van der Waals surface area contributed by atoms with Gasteiger partial charge in [-0.15, -0.1) is 23.2 Å². The summed E-state index contributed by atoms with van der Waals surface area (Å²) in [5.41, 5.74) is 0. The topological polar surface area (TPSA) is 12.4 Å². The largest absolute Gasteiger partial charge is 0.298 e. The van der Waals surface area contributed by atoms with Crippen LogP contribution in [0.5, 0.6) is 0 Å². The monoisotopic (exact) mass is 177 g/mol. The summed E-state index contributed by atoms with van der Waals surface area (Å²) in [6, 6.07) is 0.431. The predicted octanol–water partition coefficient (Wildman–Crippen LogP) is 2.27. The molecule has 2 rings (SSSR count). The Balaban J connectivity index is 2.01. The Morgan fingerprint density at radius 1 is 1.30 bits per heavy atom. The molecule has 56 valence electrons. The Morgan fingerprint density at radius 2 is 1.80 bits per heavy atom. The van der Waals surface area contributed by atoms with Crippen LogP contribution < -0.4 is 0 Å². The SMILES string of the molecule is C=NC1CC2C(C1)C2(Cl)Cl. The number of fused-ring (bicyclic) bond motifs is 1. The number of aliphatic imine (C=N–C) groups is 1. The third kappa shape index (κ3) is 0.737. The highest BCUT2D eigenvalue weighted by Gasteiger charge is 2.66. The van der Waals surface area contributed by atoms with E-state index in [1.807, 2.05) is 0 Å². The van der Waals surface area contributed by atoms with Crippen LogP contribution in [-0.2, 0) is 0 Å². The average molecular weight is 178 g/mol. The average Bonchev–Trinajstić information content (AvgIpc) is 2.37. The van der Waals surface area contributed by atoms with Crippen molar-refractivity contribution in [1.82, 2.24) is 0 Å². The lowest BCUT2D eigenvalue weighted by Crippen LogP contribution is -2.07. The second-order valence-electron chi connectivity index (χ2n) is 3.20. The van der Waals surface area contributed by atoms with Crippen LogP contribution in [0.4, 0.5) is 0 Å². The van der Waals surface area contributed by atoms with E-state index < -0.39 is 4.33 Å². The minimum Gasteiger partial charge on any atom is -0.298 e. The molecule has 1 nitrogen and oxygen atoms in total. The zero-order valence-corrected chi connectivity index (χ0v) is 7.07.